The predicted molar refractivity (Wildman–Crippen MR) is 123 cm³/mol. The van der Waals surface area contributed by atoms with Crippen LogP contribution in [-0.2, 0) is 10.5 Å². The molecule has 3 rings (SSSR count). The molecule has 158 valence electrons. The highest BCUT2D eigenvalue weighted by molar-refractivity contribution is 8.13. The number of hydrogen-bond acceptors (Lipinski definition) is 6. The molecule has 1 amide bonds. The molecule has 30 heavy (non-hydrogen) atoms. The van der Waals surface area contributed by atoms with Gasteiger partial charge in [-0.1, -0.05) is 47.1 Å². The molecule has 1 aliphatic heterocycles. The normalized spacial score (nSPS) is 16.0. The fourth-order valence-electron chi connectivity index (χ4n) is 3.14. The van der Waals surface area contributed by atoms with Gasteiger partial charge in [0.2, 0.25) is 5.91 Å². The first-order valence-corrected chi connectivity index (χ1v) is 10.7. The summed E-state index contributed by atoms with van der Waals surface area (Å²) in [5.74, 6) is 1.49. The fourth-order valence-corrected chi connectivity index (χ4v) is 4.47. The van der Waals surface area contributed by atoms with Crippen LogP contribution in [0.2, 0.25) is 10.0 Å². The van der Waals surface area contributed by atoms with E-state index < -0.39 is 11.9 Å². The molecular formula is C21H21Cl2N3O3S. The molecule has 0 spiro atoms. The Bertz CT molecular complexity index is 1040. The third-order valence-electron chi connectivity index (χ3n) is 4.61. The largest absolute Gasteiger partial charge is 0.497 e. The van der Waals surface area contributed by atoms with Crippen LogP contribution in [0.4, 0.5) is 0 Å². The standard InChI is InChI=1S/C21H21Cl2N3O3S/c1-11-17(20(24)27)19(14-5-4-6-15(22)18(14)23)26-21(25-11)30-10-12-9-13(28-2)7-8-16(12)29-3/h4-9,19H,10H2,1-3H3,(H2,24,27)(H,25,26)/t19-/m1/s1. The minimum absolute atomic E-state index is 0.347. The number of nitrogens with zero attached hydrogens (tertiary/aromatic N) is 1. The molecule has 9 heteroatoms. The van der Waals surface area contributed by atoms with Crippen LogP contribution in [0.15, 0.2) is 52.7 Å². The molecule has 6 nitrogen and oxygen atoms in total. The Kier molecular flexibility index (Phi) is 7.18. The molecule has 0 bridgehead atoms. The second-order valence-electron chi connectivity index (χ2n) is 6.47. The lowest BCUT2D eigenvalue weighted by molar-refractivity contribution is -0.114. The van der Waals surface area contributed by atoms with Gasteiger partial charge in [0.05, 0.1) is 29.8 Å². The minimum Gasteiger partial charge on any atom is -0.497 e. The van der Waals surface area contributed by atoms with Crippen molar-refractivity contribution in [2.45, 2.75) is 18.7 Å². The first kappa shape index (κ1) is 22.3. The van der Waals surface area contributed by atoms with Gasteiger partial charge in [-0.3, -0.25) is 4.79 Å². The number of ether oxygens (including phenoxy) is 2. The lowest BCUT2D eigenvalue weighted by Gasteiger charge is -2.26. The predicted octanol–water partition coefficient (Wildman–Crippen LogP) is 4.70. The maximum absolute atomic E-state index is 12.1. The van der Waals surface area contributed by atoms with Crippen LogP contribution in [0.1, 0.15) is 24.1 Å². The number of amides is 1. The highest BCUT2D eigenvalue weighted by Gasteiger charge is 2.30. The maximum atomic E-state index is 12.1. The quantitative estimate of drug-likeness (QED) is 0.645. The van der Waals surface area contributed by atoms with E-state index in [1.54, 1.807) is 39.3 Å². The van der Waals surface area contributed by atoms with E-state index in [1.807, 2.05) is 18.2 Å². The van der Waals surface area contributed by atoms with E-state index in [1.165, 1.54) is 11.8 Å². The zero-order valence-electron chi connectivity index (χ0n) is 16.7. The van der Waals surface area contributed by atoms with Crippen molar-refractivity contribution in [1.82, 2.24) is 5.32 Å². The van der Waals surface area contributed by atoms with Gasteiger partial charge in [-0.05, 0) is 31.2 Å². The molecule has 0 fully saturated rings. The summed E-state index contributed by atoms with van der Waals surface area (Å²) in [5.41, 5.74) is 8.18. The van der Waals surface area contributed by atoms with Crippen molar-refractivity contribution in [1.29, 1.82) is 0 Å². The highest BCUT2D eigenvalue weighted by atomic mass is 35.5. The van der Waals surface area contributed by atoms with Gasteiger partial charge in [0.1, 0.15) is 17.5 Å². The molecule has 0 unspecified atom stereocenters. The number of amidine groups is 1. The number of methoxy groups -OCH3 is 2. The molecule has 2 aromatic carbocycles. The van der Waals surface area contributed by atoms with Gasteiger partial charge in [-0.2, -0.15) is 0 Å². The maximum Gasteiger partial charge on any atom is 0.248 e. The summed E-state index contributed by atoms with van der Waals surface area (Å²) in [6.45, 7) is 1.78. The monoisotopic (exact) mass is 465 g/mol. The zero-order valence-corrected chi connectivity index (χ0v) is 19.0. The Balaban J connectivity index is 1.93. The smallest absolute Gasteiger partial charge is 0.248 e. The molecule has 0 aromatic heterocycles. The molecule has 1 atom stereocenters. The number of halogens is 2. The third kappa shape index (κ3) is 4.69. The number of rotatable bonds is 6. The highest BCUT2D eigenvalue weighted by Crippen LogP contribution is 2.39. The molecule has 1 aliphatic rings. The summed E-state index contributed by atoms with van der Waals surface area (Å²) in [5, 5.41) is 4.53. The first-order chi connectivity index (χ1) is 14.3. The summed E-state index contributed by atoms with van der Waals surface area (Å²) in [4.78, 5) is 16.8. The Morgan fingerprint density at radius 2 is 2.00 bits per heavy atom. The number of hydrogen-bond donors (Lipinski definition) is 2. The molecule has 0 saturated carbocycles. The lowest BCUT2D eigenvalue weighted by Crippen LogP contribution is -2.32. The second kappa shape index (κ2) is 9.64. The number of benzene rings is 2. The van der Waals surface area contributed by atoms with Crippen molar-refractivity contribution in [2.75, 3.05) is 14.2 Å². The fraction of sp³-hybridized carbons (Fsp3) is 0.238. The van der Waals surface area contributed by atoms with E-state index in [2.05, 4.69) is 5.32 Å². The van der Waals surface area contributed by atoms with Crippen LogP contribution in [0.3, 0.4) is 0 Å². The number of nitrogens with one attached hydrogen (secondary N) is 1. The van der Waals surface area contributed by atoms with Crippen molar-refractivity contribution in [3.63, 3.8) is 0 Å². The second-order valence-corrected chi connectivity index (χ2v) is 8.22. The van der Waals surface area contributed by atoms with Crippen molar-refractivity contribution in [3.8, 4) is 11.5 Å². The summed E-state index contributed by atoms with van der Waals surface area (Å²) in [6.07, 6.45) is 0. The Morgan fingerprint density at radius 3 is 2.67 bits per heavy atom. The van der Waals surface area contributed by atoms with Crippen molar-refractivity contribution >= 4 is 46.0 Å². The number of nitrogens with two attached hydrogens (primary N) is 1. The van der Waals surface area contributed by atoms with E-state index in [0.29, 0.717) is 37.8 Å². The van der Waals surface area contributed by atoms with Crippen molar-refractivity contribution < 1.29 is 14.3 Å². The average Bonchev–Trinajstić information content (AvgIpc) is 2.73. The molecular weight excluding hydrogens is 445 g/mol. The number of thioether (sulfide) groups is 1. The number of carbonyl (C=O) groups is 1. The van der Waals surface area contributed by atoms with E-state index in [4.69, 9.17) is 43.4 Å². The van der Waals surface area contributed by atoms with Gasteiger partial charge in [0.25, 0.3) is 0 Å². The summed E-state index contributed by atoms with van der Waals surface area (Å²) >= 11 is 14.0. The van der Waals surface area contributed by atoms with Crippen LogP contribution < -0.4 is 20.5 Å². The number of aliphatic imine (C=N–C) groups is 1. The van der Waals surface area contributed by atoms with Crippen LogP contribution in [0.5, 0.6) is 11.5 Å². The van der Waals surface area contributed by atoms with E-state index in [-0.39, 0.29) is 0 Å². The van der Waals surface area contributed by atoms with Crippen molar-refractivity contribution in [2.24, 2.45) is 10.7 Å². The topological polar surface area (TPSA) is 85.9 Å². The van der Waals surface area contributed by atoms with Crippen LogP contribution in [0.25, 0.3) is 0 Å². The van der Waals surface area contributed by atoms with Gasteiger partial charge in [-0.25, -0.2) is 4.99 Å². The van der Waals surface area contributed by atoms with Gasteiger partial charge in [0, 0.05) is 22.6 Å². The number of carbonyl (C=O) groups excluding carboxylic acids is 1. The van der Waals surface area contributed by atoms with E-state index in [9.17, 15) is 4.79 Å². The molecule has 2 aromatic rings. The summed E-state index contributed by atoms with van der Waals surface area (Å²) < 4.78 is 10.7. The van der Waals surface area contributed by atoms with Gasteiger partial charge >= 0.3 is 0 Å². The van der Waals surface area contributed by atoms with Crippen LogP contribution >= 0.6 is 35.0 Å². The summed E-state index contributed by atoms with van der Waals surface area (Å²) in [7, 11) is 3.24. The first-order valence-electron chi connectivity index (χ1n) is 8.98. The molecule has 3 N–H and O–H groups in total. The van der Waals surface area contributed by atoms with Crippen LogP contribution in [-0.4, -0.2) is 25.3 Å². The lowest BCUT2D eigenvalue weighted by atomic mass is 9.96. The summed E-state index contributed by atoms with van der Waals surface area (Å²) in [6, 6.07) is 10.2. The van der Waals surface area contributed by atoms with E-state index in [0.717, 1.165) is 17.1 Å². The molecule has 0 saturated heterocycles. The molecule has 0 aliphatic carbocycles. The Hall–Kier alpha value is -2.35. The minimum atomic E-state index is -0.648. The van der Waals surface area contributed by atoms with E-state index >= 15 is 0 Å². The molecule has 0 radical (unpaired) electrons. The Labute approximate surface area is 189 Å². The molecule has 1 heterocycles. The van der Waals surface area contributed by atoms with Crippen molar-refractivity contribution in [3.05, 3.63) is 68.8 Å². The average molecular weight is 466 g/mol. The number of allylic oxidation sites excluding steroid dienone is 1. The van der Waals surface area contributed by atoms with Gasteiger partial charge in [0.15, 0.2) is 5.17 Å². The van der Waals surface area contributed by atoms with Gasteiger partial charge in [-0.15, -0.1) is 0 Å². The zero-order chi connectivity index (χ0) is 21.8. The van der Waals surface area contributed by atoms with Crippen LogP contribution in [0, 0.1) is 0 Å². The SMILES string of the molecule is COc1ccc(OC)c(CSC2=N[C@H](c3cccc(Cl)c3Cl)C(C(N)=O)=C(C)N2)c1. The Morgan fingerprint density at radius 1 is 1.23 bits per heavy atom. The number of primary amides is 1. The third-order valence-corrected chi connectivity index (χ3v) is 6.38. The van der Waals surface area contributed by atoms with Gasteiger partial charge < -0.3 is 20.5 Å².